The van der Waals surface area contributed by atoms with Gasteiger partial charge in [0, 0.05) is 23.9 Å². The van der Waals surface area contributed by atoms with E-state index < -0.39 is 0 Å². The lowest BCUT2D eigenvalue weighted by atomic mass is 9.68. The Balaban J connectivity index is 1.39. The van der Waals surface area contributed by atoms with E-state index in [9.17, 15) is 4.39 Å². The molecule has 0 unspecified atom stereocenters. The molecule has 1 spiro atoms. The quantitative estimate of drug-likeness (QED) is 0.698. The standard InChI is InChI=1S/C24H31FN2O/c25-21-7-5-6-20(18-21)9-15-26-16-12-23(22-8-1-4-14-27-22)13-17-28-24(19-23)10-2-3-11-24/h1,4-8,14,18,26H,2-3,9-13,15-17,19H2/t23-/m0/s1. The van der Waals surface area contributed by atoms with E-state index in [0.717, 1.165) is 50.9 Å². The molecule has 1 saturated heterocycles. The summed E-state index contributed by atoms with van der Waals surface area (Å²) >= 11 is 0. The van der Waals surface area contributed by atoms with Gasteiger partial charge in [0.25, 0.3) is 0 Å². The van der Waals surface area contributed by atoms with Gasteiger partial charge in [0.15, 0.2) is 0 Å². The highest BCUT2D eigenvalue weighted by Gasteiger charge is 2.48. The largest absolute Gasteiger partial charge is 0.375 e. The first-order valence-corrected chi connectivity index (χ1v) is 10.7. The Morgan fingerprint density at radius 2 is 1.93 bits per heavy atom. The molecule has 28 heavy (non-hydrogen) atoms. The summed E-state index contributed by atoms with van der Waals surface area (Å²) < 4.78 is 19.6. The van der Waals surface area contributed by atoms with Gasteiger partial charge in [-0.05, 0) is 81.4 Å². The normalized spacial score (nSPS) is 23.9. The van der Waals surface area contributed by atoms with Crippen LogP contribution in [0.1, 0.15) is 56.2 Å². The molecule has 4 heteroatoms. The van der Waals surface area contributed by atoms with E-state index in [1.54, 1.807) is 12.1 Å². The molecule has 2 fully saturated rings. The van der Waals surface area contributed by atoms with Gasteiger partial charge in [-0.2, -0.15) is 0 Å². The van der Waals surface area contributed by atoms with Crippen molar-refractivity contribution in [3.05, 3.63) is 65.7 Å². The smallest absolute Gasteiger partial charge is 0.123 e. The molecule has 0 radical (unpaired) electrons. The van der Waals surface area contributed by atoms with Crippen LogP contribution in [0.15, 0.2) is 48.7 Å². The van der Waals surface area contributed by atoms with Crippen molar-refractivity contribution in [1.29, 1.82) is 0 Å². The third-order valence-corrected chi connectivity index (χ3v) is 6.63. The lowest BCUT2D eigenvalue weighted by Crippen LogP contribution is -2.47. The van der Waals surface area contributed by atoms with Gasteiger partial charge in [0.1, 0.15) is 5.82 Å². The first-order chi connectivity index (χ1) is 13.7. The second-order valence-electron chi connectivity index (χ2n) is 8.54. The predicted molar refractivity (Wildman–Crippen MR) is 110 cm³/mol. The molecular weight excluding hydrogens is 351 g/mol. The van der Waals surface area contributed by atoms with Crippen LogP contribution < -0.4 is 5.32 Å². The number of rotatable bonds is 7. The maximum atomic E-state index is 13.3. The van der Waals surface area contributed by atoms with E-state index in [-0.39, 0.29) is 16.8 Å². The topological polar surface area (TPSA) is 34.2 Å². The van der Waals surface area contributed by atoms with Crippen molar-refractivity contribution >= 4 is 0 Å². The van der Waals surface area contributed by atoms with Crippen molar-refractivity contribution in [2.24, 2.45) is 0 Å². The number of aromatic nitrogens is 1. The zero-order valence-electron chi connectivity index (χ0n) is 16.6. The second kappa shape index (κ2) is 8.71. The summed E-state index contributed by atoms with van der Waals surface area (Å²) in [5.41, 5.74) is 2.42. The zero-order chi connectivity index (χ0) is 19.3. The molecule has 4 rings (SSSR count). The Morgan fingerprint density at radius 1 is 1.04 bits per heavy atom. The van der Waals surface area contributed by atoms with Crippen molar-refractivity contribution < 1.29 is 9.13 Å². The van der Waals surface area contributed by atoms with Gasteiger partial charge < -0.3 is 10.1 Å². The van der Waals surface area contributed by atoms with Crippen LogP contribution in [0.25, 0.3) is 0 Å². The van der Waals surface area contributed by atoms with Crippen molar-refractivity contribution in [2.45, 2.75) is 62.4 Å². The van der Waals surface area contributed by atoms with Crippen molar-refractivity contribution in [1.82, 2.24) is 10.3 Å². The van der Waals surface area contributed by atoms with Crippen LogP contribution >= 0.6 is 0 Å². The molecule has 2 aromatic rings. The fourth-order valence-electron chi connectivity index (χ4n) is 5.17. The first kappa shape index (κ1) is 19.5. The average Bonchev–Trinajstić information content (AvgIpc) is 3.16. The number of nitrogens with one attached hydrogen (secondary N) is 1. The average molecular weight is 383 g/mol. The number of hydrogen-bond donors (Lipinski definition) is 1. The Hall–Kier alpha value is -1.78. The number of ether oxygens (including phenoxy) is 1. The molecule has 3 nitrogen and oxygen atoms in total. The van der Waals surface area contributed by atoms with Crippen LogP contribution in [0.3, 0.4) is 0 Å². The monoisotopic (exact) mass is 382 g/mol. The fourth-order valence-corrected chi connectivity index (χ4v) is 5.17. The Morgan fingerprint density at radius 3 is 2.71 bits per heavy atom. The van der Waals surface area contributed by atoms with E-state index in [1.165, 1.54) is 37.4 Å². The van der Waals surface area contributed by atoms with Gasteiger partial charge in [0.05, 0.1) is 5.60 Å². The molecule has 0 amide bonds. The Bertz CT molecular complexity index is 760. The summed E-state index contributed by atoms with van der Waals surface area (Å²) in [6.45, 7) is 2.64. The highest BCUT2D eigenvalue weighted by Crippen LogP contribution is 2.49. The molecule has 1 aliphatic carbocycles. The highest BCUT2D eigenvalue weighted by atomic mass is 19.1. The minimum atomic E-state index is -0.157. The molecular formula is C24H31FN2O. The van der Waals surface area contributed by atoms with E-state index in [4.69, 9.17) is 9.72 Å². The first-order valence-electron chi connectivity index (χ1n) is 10.7. The number of benzene rings is 1. The van der Waals surface area contributed by atoms with Crippen LogP contribution in [0.2, 0.25) is 0 Å². The van der Waals surface area contributed by atoms with Crippen LogP contribution in [-0.4, -0.2) is 30.3 Å². The lowest BCUT2D eigenvalue weighted by Gasteiger charge is -2.46. The van der Waals surface area contributed by atoms with Crippen LogP contribution in [-0.2, 0) is 16.6 Å². The summed E-state index contributed by atoms with van der Waals surface area (Å²) in [5.74, 6) is -0.157. The van der Waals surface area contributed by atoms with Gasteiger partial charge in [-0.3, -0.25) is 4.98 Å². The number of pyridine rings is 1. The third-order valence-electron chi connectivity index (χ3n) is 6.63. The van der Waals surface area contributed by atoms with E-state index in [1.807, 2.05) is 18.3 Å². The van der Waals surface area contributed by atoms with Crippen molar-refractivity contribution in [3.8, 4) is 0 Å². The highest BCUT2D eigenvalue weighted by molar-refractivity contribution is 5.21. The SMILES string of the molecule is Fc1cccc(CCNCC[C@]2(c3ccccn3)CCOC3(CCCC3)C2)c1. The minimum absolute atomic E-state index is 0.0668. The molecule has 1 aromatic carbocycles. The summed E-state index contributed by atoms with van der Waals surface area (Å²) in [6.07, 6.45) is 10.9. The van der Waals surface area contributed by atoms with E-state index in [2.05, 4.69) is 17.4 Å². The predicted octanol–water partition coefficient (Wildman–Crippen LogP) is 4.80. The molecule has 0 bridgehead atoms. The van der Waals surface area contributed by atoms with Crippen LogP contribution in [0.4, 0.5) is 4.39 Å². The Kier molecular flexibility index (Phi) is 6.07. The van der Waals surface area contributed by atoms with Crippen LogP contribution in [0.5, 0.6) is 0 Å². The lowest BCUT2D eigenvalue weighted by molar-refractivity contribution is -0.104. The summed E-state index contributed by atoms with van der Waals surface area (Å²) in [7, 11) is 0. The molecule has 1 saturated carbocycles. The molecule has 1 N–H and O–H groups in total. The van der Waals surface area contributed by atoms with E-state index in [0.29, 0.717) is 0 Å². The molecule has 150 valence electrons. The van der Waals surface area contributed by atoms with Crippen LogP contribution in [0, 0.1) is 5.82 Å². The van der Waals surface area contributed by atoms with Gasteiger partial charge >= 0.3 is 0 Å². The minimum Gasteiger partial charge on any atom is -0.375 e. The molecule has 1 atom stereocenters. The van der Waals surface area contributed by atoms with E-state index >= 15 is 0 Å². The maximum Gasteiger partial charge on any atom is 0.123 e. The van der Waals surface area contributed by atoms with Crippen molar-refractivity contribution in [2.75, 3.05) is 19.7 Å². The van der Waals surface area contributed by atoms with Gasteiger partial charge in [-0.25, -0.2) is 4.39 Å². The Labute approximate surface area is 167 Å². The molecule has 2 heterocycles. The molecule has 2 aliphatic rings. The van der Waals surface area contributed by atoms with Gasteiger partial charge in [0.2, 0.25) is 0 Å². The zero-order valence-corrected chi connectivity index (χ0v) is 16.6. The second-order valence-corrected chi connectivity index (χ2v) is 8.54. The molecule has 1 aromatic heterocycles. The summed E-state index contributed by atoms with van der Waals surface area (Å²) in [6, 6.07) is 13.2. The number of hydrogen-bond acceptors (Lipinski definition) is 3. The van der Waals surface area contributed by atoms with Crippen molar-refractivity contribution in [3.63, 3.8) is 0 Å². The number of halogens is 1. The summed E-state index contributed by atoms with van der Waals surface area (Å²) in [5, 5.41) is 3.58. The van der Waals surface area contributed by atoms with Gasteiger partial charge in [-0.15, -0.1) is 0 Å². The van der Waals surface area contributed by atoms with Gasteiger partial charge in [-0.1, -0.05) is 31.0 Å². The maximum absolute atomic E-state index is 13.3. The number of nitrogens with zero attached hydrogens (tertiary/aromatic N) is 1. The summed E-state index contributed by atoms with van der Waals surface area (Å²) in [4.78, 5) is 4.76. The third kappa shape index (κ3) is 4.44. The fraction of sp³-hybridized carbons (Fsp3) is 0.542. The molecule has 1 aliphatic heterocycles.